The molecule has 0 unspecified atom stereocenters. The fourth-order valence-corrected chi connectivity index (χ4v) is 4.59. The summed E-state index contributed by atoms with van der Waals surface area (Å²) in [7, 11) is 0. The summed E-state index contributed by atoms with van der Waals surface area (Å²) in [6.45, 7) is 6.55. The molecule has 168 valence electrons. The molecule has 1 heterocycles. The van der Waals surface area contributed by atoms with Gasteiger partial charge in [-0.3, -0.25) is 9.36 Å². The molecule has 0 saturated heterocycles. The molecule has 4 nitrogen and oxygen atoms in total. The Morgan fingerprint density at radius 2 is 1.58 bits per heavy atom. The third kappa shape index (κ3) is 5.32. The van der Waals surface area contributed by atoms with E-state index in [9.17, 15) is 4.79 Å². The molecule has 0 fully saturated rings. The third-order valence-corrected chi connectivity index (χ3v) is 6.74. The van der Waals surface area contributed by atoms with Crippen molar-refractivity contribution in [1.29, 1.82) is 0 Å². The summed E-state index contributed by atoms with van der Waals surface area (Å²) in [6, 6.07) is 22.9. The van der Waals surface area contributed by atoms with Crippen LogP contribution < -0.4 is 0 Å². The maximum atomic E-state index is 12.8. The summed E-state index contributed by atoms with van der Waals surface area (Å²) in [5.41, 5.74) is 3.61. The normalized spacial score (nSPS) is 11.5. The summed E-state index contributed by atoms with van der Waals surface area (Å²) < 4.78 is 1.95. The summed E-state index contributed by atoms with van der Waals surface area (Å²) in [5.74, 6) is 0.830. The fourth-order valence-electron chi connectivity index (χ4n) is 3.39. The van der Waals surface area contributed by atoms with E-state index in [1.165, 1.54) is 17.3 Å². The number of nitrogens with zero attached hydrogens (tertiary/aromatic N) is 3. The van der Waals surface area contributed by atoms with Crippen LogP contribution in [0.2, 0.25) is 10.0 Å². The molecule has 0 aliphatic carbocycles. The van der Waals surface area contributed by atoms with E-state index in [4.69, 9.17) is 23.2 Å². The lowest BCUT2D eigenvalue weighted by molar-refractivity contribution is 0.102. The van der Waals surface area contributed by atoms with Crippen LogP contribution in [0.15, 0.2) is 78.0 Å². The lowest BCUT2D eigenvalue weighted by atomic mass is 9.87. The van der Waals surface area contributed by atoms with Gasteiger partial charge in [0.1, 0.15) is 0 Å². The second-order valence-corrected chi connectivity index (χ2v) is 10.4. The predicted molar refractivity (Wildman–Crippen MR) is 137 cm³/mol. The number of hydrogen-bond donors (Lipinski definition) is 0. The molecular formula is C26H23Cl2N3OS. The standard InChI is InChI=1S/C26H23Cl2N3OS/c1-26(2,3)18-10-8-17(9-11-18)24-29-30-25(31(24)20-14-12-19(27)13-15-20)33-16-23(32)21-6-4-5-7-22(21)28/h4-15H,16H2,1-3H3. The van der Waals surface area contributed by atoms with Gasteiger partial charge in [-0.05, 0) is 47.4 Å². The first-order chi connectivity index (χ1) is 15.7. The van der Waals surface area contributed by atoms with Gasteiger partial charge in [0.05, 0.1) is 10.8 Å². The highest BCUT2D eigenvalue weighted by atomic mass is 35.5. The van der Waals surface area contributed by atoms with Crippen molar-refractivity contribution in [1.82, 2.24) is 14.8 Å². The van der Waals surface area contributed by atoms with E-state index in [1.807, 2.05) is 28.8 Å². The number of aromatic nitrogens is 3. The third-order valence-electron chi connectivity index (χ3n) is 5.23. The molecule has 4 aromatic rings. The van der Waals surface area contributed by atoms with Crippen molar-refractivity contribution in [3.05, 3.63) is 94.0 Å². The lowest BCUT2D eigenvalue weighted by Crippen LogP contribution is -2.10. The van der Waals surface area contributed by atoms with Gasteiger partial charge in [0.15, 0.2) is 16.8 Å². The topological polar surface area (TPSA) is 47.8 Å². The van der Waals surface area contributed by atoms with Crippen molar-refractivity contribution in [2.24, 2.45) is 0 Å². The van der Waals surface area contributed by atoms with Crippen molar-refractivity contribution in [3.63, 3.8) is 0 Å². The first-order valence-corrected chi connectivity index (χ1v) is 12.2. The molecule has 0 saturated carbocycles. The molecule has 0 aliphatic rings. The van der Waals surface area contributed by atoms with Gasteiger partial charge in [0, 0.05) is 21.8 Å². The van der Waals surface area contributed by atoms with E-state index in [1.54, 1.807) is 24.3 Å². The zero-order chi connectivity index (χ0) is 23.6. The Bertz CT molecular complexity index is 1280. The van der Waals surface area contributed by atoms with Crippen LogP contribution in [0, 0.1) is 0 Å². The Balaban J connectivity index is 1.69. The van der Waals surface area contributed by atoms with E-state index >= 15 is 0 Å². The van der Waals surface area contributed by atoms with Crippen LogP contribution in [-0.4, -0.2) is 26.3 Å². The highest BCUT2D eigenvalue weighted by Crippen LogP contribution is 2.31. The SMILES string of the molecule is CC(C)(C)c1ccc(-c2nnc(SCC(=O)c3ccccc3Cl)n2-c2ccc(Cl)cc2)cc1. The molecule has 0 radical (unpaired) electrons. The van der Waals surface area contributed by atoms with Gasteiger partial charge in [-0.1, -0.05) is 92.1 Å². The van der Waals surface area contributed by atoms with Crippen LogP contribution in [0.5, 0.6) is 0 Å². The zero-order valence-corrected chi connectivity index (χ0v) is 20.9. The zero-order valence-electron chi connectivity index (χ0n) is 18.5. The predicted octanol–water partition coefficient (Wildman–Crippen LogP) is 7.51. The van der Waals surface area contributed by atoms with Crippen LogP contribution in [-0.2, 0) is 5.41 Å². The van der Waals surface area contributed by atoms with Crippen molar-refractivity contribution in [2.75, 3.05) is 5.75 Å². The molecule has 33 heavy (non-hydrogen) atoms. The minimum Gasteiger partial charge on any atom is -0.293 e. The van der Waals surface area contributed by atoms with Gasteiger partial charge < -0.3 is 0 Å². The second kappa shape index (κ2) is 9.72. The van der Waals surface area contributed by atoms with Crippen molar-refractivity contribution >= 4 is 40.7 Å². The van der Waals surface area contributed by atoms with E-state index < -0.39 is 0 Å². The van der Waals surface area contributed by atoms with Gasteiger partial charge in [0.2, 0.25) is 0 Å². The number of benzene rings is 3. The molecular weight excluding hydrogens is 473 g/mol. The van der Waals surface area contributed by atoms with Crippen LogP contribution >= 0.6 is 35.0 Å². The average Bonchev–Trinajstić information content (AvgIpc) is 3.22. The monoisotopic (exact) mass is 495 g/mol. The number of halogens is 2. The van der Waals surface area contributed by atoms with Crippen LogP contribution in [0.3, 0.4) is 0 Å². The summed E-state index contributed by atoms with van der Waals surface area (Å²) in [5, 5.41) is 10.6. The van der Waals surface area contributed by atoms with Gasteiger partial charge in [-0.2, -0.15) is 0 Å². The second-order valence-electron chi connectivity index (χ2n) is 8.64. The number of hydrogen-bond acceptors (Lipinski definition) is 4. The Morgan fingerprint density at radius 1 is 0.909 bits per heavy atom. The molecule has 0 bridgehead atoms. The maximum absolute atomic E-state index is 12.8. The Hall–Kier alpha value is -2.60. The number of Topliss-reactive ketones (excluding diaryl/α,β-unsaturated/α-hetero) is 1. The highest BCUT2D eigenvalue weighted by molar-refractivity contribution is 7.99. The number of thioether (sulfide) groups is 1. The quantitative estimate of drug-likeness (QED) is 0.205. The van der Waals surface area contributed by atoms with E-state index in [-0.39, 0.29) is 17.0 Å². The first-order valence-electron chi connectivity index (χ1n) is 10.5. The molecule has 7 heteroatoms. The minimum absolute atomic E-state index is 0.0580. The van der Waals surface area contributed by atoms with Gasteiger partial charge in [-0.15, -0.1) is 10.2 Å². The Kier molecular flexibility index (Phi) is 6.94. The van der Waals surface area contributed by atoms with Crippen molar-refractivity contribution in [3.8, 4) is 17.1 Å². The van der Waals surface area contributed by atoms with E-state index in [0.717, 1.165) is 11.3 Å². The molecule has 1 aromatic heterocycles. The Morgan fingerprint density at radius 3 is 2.21 bits per heavy atom. The smallest absolute Gasteiger partial charge is 0.196 e. The number of ketones is 1. The van der Waals surface area contributed by atoms with E-state index in [2.05, 4.69) is 55.2 Å². The number of carbonyl (C=O) groups excluding carboxylic acids is 1. The summed E-state index contributed by atoms with van der Waals surface area (Å²) in [4.78, 5) is 12.8. The first kappa shape index (κ1) is 23.6. The molecule has 0 atom stereocenters. The summed E-state index contributed by atoms with van der Waals surface area (Å²) in [6.07, 6.45) is 0. The van der Waals surface area contributed by atoms with Crippen LogP contribution in [0.25, 0.3) is 17.1 Å². The number of carbonyl (C=O) groups is 1. The van der Waals surface area contributed by atoms with E-state index in [0.29, 0.717) is 26.6 Å². The number of rotatable bonds is 6. The summed E-state index contributed by atoms with van der Waals surface area (Å²) >= 11 is 13.6. The maximum Gasteiger partial charge on any atom is 0.196 e. The molecule has 4 rings (SSSR count). The highest BCUT2D eigenvalue weighted by Gasteiger charge is 2.20. The van der Waals surface area contributed by atoms with Crippen LogP contribution in [0.1, 0.15) is 36.7 Å². The minimum atomic E-state index is -0.0627. The molecule has 0 aliphatic heterocycles. The largest absolute Gasteiger partial charge is 0.293 e. The van der Waals surface area contributed by atoms with Gasteiger partial charge in [-0.25, -0.2) is 0 Å². The molecule has 0 amide bonds. The van der Waals surface area contributed by atoms with Gasteiger partial charge in [0.25, 0.3) is 0 Å². The Labute approximate surface area is 208 Å². The van der Waals surface area contributed by atoms with Gasteiger partial charge >= 0.3 is 0 Å². The fraction of sp³-hybridized carbons (Fsp3) is 0.192. The average molecular weight is 496 g/mol. The van der Waals surface area contributed by atoms with Crippen molar-refractivity contribution in [2.45, 2.75) is 31.3 Å². The van der Waals surface area contributed by atoms with Crippen LogP contribution in [0.4, 0.5) is 0 Å². The molecule has 3 aromatic carbocycles. The van der Waals surface area contributed by atoms with Crippen molar-refractivity contribution < 1.29 is 4.79 Å². The lowest BCUT2D eigenvalue weighted by Gasteiger charge is -2.19. The molecule has 0 spiro atoms. The molecule has 0 N–H and O–H groups in total.